The molecule has 0 spiro atoms. The Labute approximate surface area is 232 Å². The number of rotatable bonds is 0. The highest BCUT2D eigenvalue weighted by molar-refractivity contribution is 9.15. The molecule has 0 atom stereocenters. The minimum absolute atomic E-state index is 0.152. The van der Waals surface area contributed by atoms with Crippen molar-refractivity contribution >= 4 is 161 Å². The quantitative estimate of drug-likeness (QED) is 0.164. The Morgan fingerprint density at radius 1 is 0.690 bits per heavy atom. The molecule has 2 aliphatic heterocycles. The van der Waals surface area contributed by atoms with Gasteiger partial charge >= 0.3 is 0 Å². The molecule has 0 radical (unpaired) electrons. The maximum absolute atomic E-state index is 13.6. The van der Waals surface area contributed by atoms with Crippen molar-refractivity contribution < 1.29 is 4.79 Å². The molecule has 1 amide bonds. The third-order valence-corrected chi connectivity index (χ3v) is 13.6. The maximum atomic E-state index is 13.6. The van der Waals surface area contributed by atoms with Crippen LogP contribution >= 0.6 is 127 Å². The van der Waals surface area contributed by atoms with Gasteiger partial charge in [0.05, 0.1) is 21.4 Å². The molecule has 3 aromatic rings. The Bertz CT molecular complexity index is 1360. The number of halogens is 8. The van der Waals surface area contributed by atoms with Crippen molar-refractivity contribution in [3.05, 3.63) is 59.0 Å². The summed E-state index contributed by atoms with van der Waals surface area (Å²) in [6.45, 7) is 0. The molecule has 0 saturated carbocycles. The van der Waals surface area contributed by atoms with Gasteiger partial charge in [0.15, 0.2) is 0 Å². The largest absolute Gasteiger partial charge is 0.268 e. The van der Waals surface area contributed by atoms with Gasteiger partial charge in [-0.15, -0.1) is 0 Å². The summed E-state index contributed by atoms with van der Waals surface area (Å²) in [5, 5.41) is 1.84. The lowest BCUT2D eigenvalue weighted by Crippen LogP contribution is -2.32. The molecule has 0 unspecified atom stereocenters. The van der Waals surface area contributed by atoms with Crippen LogP contribution in [0.2, 0.25) is 0 Å². The van der Waals surface area contributed by atoms with E-state index in [1.165, 1.54) is 0 Å². The molecular weight excluding hydrogens is 899 g/mol. The first kappa shape index (κ1) is 21.7. The lowest BCUT2D eigenvalue weighted by Gasteiger charge is -2.27. The molecule has 0 bridgehead atoms. The molecule has 3 nitrogen and oxygen atoms in total. The van der Waals surface area contributed by atoms with Crippen LogP contribution in [0.4, 0.5) is 11.4 Å². The van der Waals surface area contributed by atoms with Crippen molar-refractivity contribution in [1.29, 1.82) is 0 Å². The molecule has 146 valence electrons. The van der Waals surface area contributed by atoms with Crippen LogP contribution in [0.1, 0.15) is 15.9 Å². The van der Waals surface area contributed by atoms with Crippen molar-refractivity contribution in [3.63, 3.8) is 0 Å². The van der Waals surface area contributed by atoms with Gasteiger partial charge in [0, 0.05) is 47.6 Å². The molecule has 0 N–H and O–H groups in total. The maximum Gasteiger partial charge on any atom is 0.266 e. The Hall–Kier alpha value is 0.900. The highest BCUT2D eigenvalue weighted by atomic mass is 79.9. The number of amidine groups is 1. The fourth-order valence-electron chi connectivity index (χ4n) is 3.52. The third kappa shape index (κ3) is 2.83. The van der Waals surface area contributed by atoms with Crippen LogP contribution in [0, 0.1) is 0 Å². The minimum Gasteiger partial charge on any atom is -0.268 e. The van der Waals surface area contributed by atoms with Crippen LogP contribution in [-0.4, -0.2) is 11.7 Å². The number of amides is 1. The second kappa shape index (κ2) is 7.46. The summed E-state index contributed by atoms with van der Waals surface area (Å²) in [5.74, 6) is 0.419. The van der Waals surface area contributed by atoms with Gasteiger partial charge in [-0.3, -0.25) is 9.69 Å². The van der Waals surface area contributed by atoms with E-state index in [1.54, 1.807) is 4.90 Å². The van der Waals surface area contributed by atoms with Gasteiger partial charge in [-0.05, 0) is 134 Å². The van der Waals surface area contributed by atoms with E-state index in [4.69, 9.17) is 4.99 Å². The van der Waals surface area contributed by atoms with Gasteiger partial charge in [0.2, 0.25) is 0 Å². The Morgan fingerprint density at radius 3 is 1.93 bits per heavy atom. The zero-order chi connectivity index (χ0) is 20.9. The molecule has 5 rings (SSSR count). The van der Waals surface area contributed by atoms with Crippen molar-refractivity contribution in [2.75, 3.05) is 4.90 Å². The van der Waals surface area contributed by atoms with E-state index in [-0.39, 0.29) is 5.91 Å². The van der Waals surface area contributed by atoms with E-state index < -0.39 is 0 Å². The second-order valence-electron chi connectivity index (χ2n) is 6.19. The monoisotopic (exact) mass is 893 g/mol. The smallest absolute Gasteiger partial charge is 0.266 e. The van der Waals surface area contributed by atoms with E-state index in [0.717, 1.165) is 59.0 Å². The summed E-state index contributed by atoms with van der Waals surface area (Å²) in [4.78, 5) is 20.3. The van der Waals surface area contributed by atoms with E-state index in [9.17, 15) is 4.79 Å². The van der Waals surface area contributed by atoms with Crippen LogP contribution in [0.3, 0.4) is 0 Å². The van der Waals surface area contributed by atoms with Crippen molar-refractivity contribution in [2.24, 2.45) is 4.99 Å². The van der Waals surface area contributed by atoms with Gasteiger partial charge in [-0.25, -0.2) is 4.99 Å². The summed E-state index contributed by atoms with van der Waals surface area (Å²) >= 11 is 29.0. The SMILES string of the molecule is O=C1c2c(Br)c(Br)c(Br)c(Br)c2C2=Nc3c(Br)ccc4c(Br)c(Br)c(Br)c(c34)N12. The van der Waals surface area contributed by atoms with Crippen LogP contribution in [-0.2, 0) is 0 Å². The fourth-order valence-corrected chi connectivity index (χ4v) is 8.17. The van der Waals surface area contributed by atoms with E-state index in [0.29, 0.717) is 15.9 Å². The lowest BCUT2D eigenvalue weighted by molar-refractivity contribution is 0.101. The average Bonchev–Trinajstić information content (AvgIpc) is 3.00. The molecule has 2 heterocycles. The van der Waals surface area contributed by atoms with Gasteiger partial charge in [-0.1, -0.05) is 6.07 Å². The molecule has 2 aliphatic rings. The van der Waals surface area contributed by atoms with E-state index in [1.807, 2.05) is 12.1 Å². The molecule has 0 fully saturated rings. The molecule has 29 heavy (non-hydrogen) atoms. The van der Waals surface area contributed by atoms with Gasteiger partial charge < -0.3 is 0 Å². The number of benzene rings is 3. The fraction of sp³-hybridized carbons (Fsp3) is 0. The number of carbonyl (C=O) groups is 1. The summed E-state index contributed by atoms with van der Waals surface area (Å²) in [6, 6.07) is 3.97. The summed E-state index contributed by atoms with van der Waals surface area (Å²) in [5.41, 5.74) is 2.81. The zero-order valence-electron chi connectivity index (χ0n) is 13.5. The second-order valence-corrected chi connectivity index (χ2v) is 12.6. The molecule has 0 aromatic heterocycles. The highest BCUT2D eigenvalue weighted by Gasteiger charge is 2.44. The molecule has 0 aliphatic carbocycles. The topological polar surface area (TPSA) is 32.7 Å². The van der Waals surface area contributed by atoms with Crippen LogP contribution in [0.25, 0.3) is 10.8 Å². The minimum atomic E-state index is -0.152. The van der Waals surface area contributed by atoms with Gasteiger partial charge in [-0.2, -0.15) is 0 Å². The van der Waals surface area contributed by atoms with Crippen molar-refractivity contribution in [3.8, 4) is 0 Å². The molecular formula is C18H2Br8N2O. The van der Waals surface area contributed by atoms with Gasteiger partial charge in [0.1, 0.15) is 5.84 Å². The van der Waals surface area contributed by atoms with Crippen LogP contribution < -0.4 is 4.90 Å². The summed E-state index contributed by atoms with van der Waals surface area (Å²) < 4.78 is 6.36. The highest BCUT2D eigenvalue weighted by Crippen LogP contribution is 2.56. The number of fused-ring (bicyclic) bond motifs is 4. The van der Waals surface area contributed by atoms with Crippen LogP contribution in [0.5, 0.6) is 0 Å². The number of hydrogen-bond acceptors (Lipinski definition) is 2. The third-order valence-electron chi connectivity index (χ3n) is 4.76. The van der Waals surface area contributed by atoms with Crippen molar-refractivity contribution in [1.82, 2.24) is 0 Å². The number of nitrogens with zero attached hydrogens (tertiary/aromatic N) is 2. The summed E-state index contributed by atoms with van der Waals surface area (Å²) in [7, 11) is 0. The van der Waals surface area contributed by atoms with Crippen molar-refractivity contribution in [2.45, 2.75) is 0 Å². The standard InChI is InChI=1S/C18H2Br8N2O/c19-4-2-1-3-5-15(4)27-17-6-7(10(22)13(25)12(24)9(6)21)18(29)28(17)16(5)14(26)11(23)8(3)20/h1-2H. The summed E-state index contributed by atoms with van der Waals surface area (Å²) in [6.07, 6.45) is 0. The normalized spacial score (nSPS) is 14.4. The molecule has 3 aromatic carbocycles. The number of anilines is 1. The number of aliphatic imine (C=N–C) groups is 1. The first-order chi connectivity index (χ1) is 13.7. The predicted octanol–water partition coefficient (Wildman–Crippen LogP) is 9.99. The Kier molecular flexibility index (Phi) is 5.59. The van der Waals surface area contributed by atoms with Crippen LogP contribution in [0.15, 0.2) is 52.9 Å². The molecule has 11 heteroatoms. The number of hydrogen-bond donors (Lipinski definition) is 0. The number of carbonyl (C=O) groups excluding carboxylic acids is 1. The molecule has 0 saturated heterocycles. The van der Waals surface area contributed by atoms with E-state index in [2.05, 4.69) is 127 Å². The first-order valence-corrected chi connectivity index (χ1v) is 14.1. The predicted molar refractivity (Wildman–Crippen MR) is 145 cm³/mol. The van der Waals surface area contributed by atoms with Gasteiger partial charge in [0.25, 0.3) is 5.91 Å². The Morgan fingerprint density at radius 2 is 1.28 bits per heavy atom. The van der Waals surface area contributed by atoms with E-state index >= 15 is 0 Å². The average molecular weight is 901 g/mol. The first-order valence-electron chi connectivity index (χ1n) is 7.74. The Balaban J connectivity index is 2.00. The zero-order valence-corrected chi connectivity index (χ0v) is 26.2. The lowest BCUT2D eigenvalue weighted by atomic mass is 10.0.